The molecule has 210 valence electrons. The van der Waals surface area contributed by atoms with Gasteiger partial charge in [-0.2, -0.15) is 0 Å². The molecule has 2 aromatic carbocycles. The zero-order valence-corrected chi connectivity index (χ0v) is 25.7. The zero-order chi connectivity index (χ0) is 28.8. The van der Waals surface area contributed by atoms with E-state index < -0.39 is 21.6 Å². The highest BCUT2D eigenvalue weighted by molar-refractivity contribution is 7.92. The lowest BCUT2D eigenvalue weighted by Crippen LogP contribution is -2.53. The molecule has 38 heavy (non-hydrogen) atoms. The van der Waals surface area contributed by atoms with Crippen LogP contribution < -0.4 is 9.62 Å². The standard InChI is InChI=1S/C27H36Cl3N3O4S/c1-7-23(26(35)31-27(3,4)5)32(17-19-11-13-21(29)22(30)15-19)25(34)9-8-14-33(38(6,36)37)24-16-20(28)12-10-18(24)2/h10-13,15-16,23H,7-9,14,17H2,1-6H3,(H,31,35)/t23-/m1/s1. The molecule has 0 fully saturated rings. The third kappa shape index (κ3) is 9.33. The van der Waals surface area contributed by atoms with Gasteiger partial charge in [0.15, 0.2) is 0 Å². The van der Waals surface area contributed by atoms with Crippen LogP contribution in [0.5, 0.6) is 0 Å². The Bertz CT molecular complexity index is 1260. The van der Waals surface area contributed by atoms with Crippen LogP contribution in [0.3, 0.4) is 0 Å². The molecule has 0 aromatic heterocycles. The lowest BCUT2D eigenvalue weighted by atomic mass is 10.0. The molecule has 1 N–H and O–H groups in total. The molecule has 7 nitrogen and oxygen atoms in total. The van der Waals surface area contributed by atoms with E-state index in [1.54, 1.807) is 43.3 Å². The average molecular weight is 605 g/mol. The van der Waals surface area contributed by atoms with E-state index in [-0.39, 0.29) is 37.7 Å². The number of anilines is 1. The lowest BCUT2D eigenvalue weighted by molar-refractivity contribution is -0.142. The van der Waals surface area contributed by atoms with Gasteiger partial charge in [0.1, 0.15) is 6.04 Å². The van der Waals surface area contributed by atoms with Crippen molar-refractivity contribution in [2.24, 2.45) is 0 Å². The molecular formula is C27H36Cl3N3O4S. The van der Waals surface area contributed by atoms with Crippen LogP contribution in [0.4, 0.5) is 5.69 Å². The lowest BCUT2D eigenvalue weighted by Gasteiger charge is -2.33. The molecule has 0 unspecified atom stereocenters. The minimum absolute atomic E-state index is 0.0340. The number of carbonyl (C=O) groups excluding carboxylic acids is 2. The van der Waals surface area contributed by atoms with Gasteiger partial charge in [0, 0.05) is 30.1 Å². The topological polar surface area (TPSA) is 86.8 Å². The SMILES string of the molecule is CC[C@H](C(=O)NC(C)(C)C)N(Cc1ccc(Cl)c(Cl)c1)C(=O)CCCN(c1cc(Cl)ccc1C)S(C)(=O)=O. The fourth-order valence-corrected chi connectivity index (χ4v) is 5.54. The van der Waals surface area contributed by atoms with Gasteiger partial charge in [0.25, 0.3) is 0 Å². The molecule has 0 spiro atoms. The van der Waals surface area contributed by atoms with Crippen molar-refractivity contribution < 1.29 is 18.0 Å². The van der Waals surface area contributed by atoms with Crippen molar-refractivity contribution in [2.75, 3.05) is 17.1 Å². The maximum Gasteiger partial charge on any atom is 0.243 e. The van der Waals surface area contributed by atoms with Gasteiger partial charge in [-0.05, 0) is 75.9 Å². The minimum atomic E-state index is -3.63. The fraction of sp³-hybridized carbons (Fsp3) is 0.481. The highest BCUT2D eigenvalue weighted by atomic mass is 35.5. The van der Waals surface area contributed by atoms with Gasteiger partial charge in [-0.25, -0.2) is 8.42 Å². The van der Waals surface area contributed by atoms with E-state index in [4.69, 9.17) is 34.8 Å². The van der Waals surface area contributed by atoms with E-state index in [1.165, 1.54) is 9.21 Å². The maximum absolute atomic E-state index is 13.6. The second-order valence-corrected chi connectivity index (χ2v) is 13.5. The molecule has 2 aromatic rings. The third-order valence-electron chi connectivity index (χ3n) is 5.81. The van der Waals surface area contributed by atoms with Gasteiger partial charge in [0.2, 0.25) is 21.8 Å². The number of halogens is 3. The van der Waals surface area contributed by atoms with E-state index >= 15 is 0 Å². The summed E-state index contributed by atoms with van der Waals surface area (Å²) in [6.07, 6.45) is 1.79. The molecule has 0 saturated carbocycles. The van der Waals surface area contributed by atoms with Crippen LogP contribution in [-0.4, -0.2) is 49.5 Å². The number of sulfonamides is 1. The number of nitrogens with one attached hydrogen (secondary N) is 1. The minimum Gasteiger partial charge on any atom is -0.350 e. The summed E-state index contributed by atoms with van der Waals surface area (Å²) in [5.41, 5.74) is 1.46. The number of hydrogen-bond donors (Lipinski definition) is 1. The number of amides is 2. The van der Waals surface area contributed by atoms with E-state index in [0.29, 0.717) is 27.2 Å². The molecule has 2 rings (SSSR count). The van der Waals surface area contributed by atoms with E-state index in [9.17, 15) is 18.0 Å². The van der Waals surface area contributed by atoms with Gasteiger partial charge >= 0.3 is 0 Å². The van der Waals surface area contributed by atoms with Crippen LogP contribution >= 0.6 is 34.8 Å². The molecule has 1 atom stereocenters. The first-order valence-electron chi connectivity index (χ1n) is 12.3. The van der Waals surface area contributed by atoms with Gasteiger partial charge < -0.3 is 10.2 Å². The van der Waals surface area contributed by atoms with Crippen LogP contribution in [0.2, 0.25) is 15.1 Å². The van der Waals surface area contributed by atoms with Crippen molar-refractivity contribution >= 4 is 62.3 Å². The molecule has 0 saturated heterocycles. The fourth-order valence-electron chi connectivity index (χ4n) is 4.04. The first kappa shape index (κ1) is 32.2. The van der Waals surface area contributed by atoms with Crippen LogP contribution in [-0.2, 0) is 26.2 Å². The summed E-state index contributed by atoms with van der Waals surface area (Å²) in [5.74, 6) is -0.538. The Hall–Kier alpha value is -2.00. The first-order valence-corrected chi connectivity index (χ1v) is 15.3. The highest BCUT2D eigenvalue weighted by Gasteiger charge is 2.31. The summed E-state index contributed by atoms with van der Waals surface area (Å²) in [7, 11) is -3.63. The van der Waals surface area contributed by atoms with Gasteiger partial charge in [0.05, 0.1) is 22.0 Å². The maximum atomic E-state index is 13.6. The smallest absolute Gasteiger partial charge is 0.243 e. The van der Waals surface area contributed by atoms with E-state index in [0.717, 1.165) is 17.4 Å². The van der Waals surface area contributed by atoms with Crippen molar-refractivity contribution in [1.82, 2.24) is 10.2 Å². The molecule has 2 amide bonds. The predicted octanol–water partition coefficient (Wildman–Crippen LogP) is 6.22. The number of aryl methyl sites for hydroxylation is 1. The second-order valence-electron chi connectivity index (χ2n) is 10.3. The van der Waals surface area contributed by atoms with Crippen LogP contribution in [0.25, 0.3) is 0 Å². The Morgan fingerprint density at radius 1 is 1.03 bits per heavy atom. The number of nitrogens with zero attached hydrogens (tertiary/aromatic N) is 2. The van der Waals surface area contributed by atoms with Gasteiger partial charge in [-0.3, -0.25) is 13.9 Å². The Morgan fingerprint density at radius 2 is 1.68 bits per heavy atom. The molecule has 0 aliphatic carbocycles. The van der Waals surface area contributed by atoms with Crippen LogP contribution in [0.1, 0.15) is 58.1 Å². The van der Waals surface area contributed by atoms with Crippen LogP contribution in [0, 0.1) is 6.92 Å². The van der Waals surface area contributed by atoms with Crippen molar-refractivity contribution in [3.63, 3.8) is 0 Å². The summed E-state index contributed by atoms with van der Waals surface area (Å²) >= 11 is 18.4. The summed E-state index contributed by atoms with van der Waals surface area (Å²) in [6.45, 7) is 9.50. The second kappa shape index (κ2) is 13.4. The molecule has 0 bridgehead atoms. The number of benzene rings is 2. The van der Waals surface area contributed by atoms with Crippen molar-refractivity contribution in [1.29, 1.82) is 0 Å². The highest BCUT2D eigenvalue weighted by Crippen LogP contribution is 2.27. The Kier molecular flexibility index (Phi) is 11.3. The Morgan fingerprint density at radius 3 is 2.24 bits per heavy atom. The first-order chi connectivity index (χ1) is 17.5. The molecule has 0 aliphatic heterocycles. The molecular weight excluding hydrogens is 569 g/mol. The third-order valence-corrected chi connectivity index (χ3v) is 7.97. The summed E-state index contributed by atoms with van der Waals surface area (Å²) < 4.78 is 26.4. The van der Waals surface area contributed by atoms with E-state index in [1.807, 2.05) is 27.7 Å². The molecule has 11 heteroatoms. The molecule has 0 aliphatic rings. The quantitative estimate of drug-likeness (QED) is 0.330. The van der Waals surface area contributed by atoms with Crippen molar-refractivity contribution in [2.45, 2.75) is 72.0 Å². The Labute approximate surface area is 241 Å². The predicted molar refractivity (Wildman–Crippen MR) is 157 cm³/mol. The normalized spacial score (nSPS) is 12.7. The Balaban J connectivity index is 2.30. The monoisotopic (exact) mass is 603 g/mol. The summed E-state index contributed by atoms with van der Waals surface area (Å²) in [6, 6.07) is 9.40. The average Bonchev–Trinajstić information content (AvgIpc) is 2.78. The number of rotatable bonds is 11. The summed E-state index contributed by atoms with van der Waals surface area (Å²) in [5, 5.41) is 4.12. The molecule has 0 heterocycles. The van der Waals surface area contributed by atoms with Crippen molar-refractivity contribution in [3.8, 4) is 0 Å². The number of carbonyl (C=O) groups is 2. The zero-order valence-electron chi connectivity index (χ0n) is 22.6. The van der Waals surface area contributed by atoms with Gasteiger partial charge in [-0.1, -0.05) is 53.9 Å². The van der Waals surface area contributed by atoms with Gasteiger partial charge in [-0.15, -0.1) is 0 Å². The largest absolute Gasteiger partial charge is 0.350 e. The number of hydrogen-bond acceptors (Lipinski definition) is 4. The van der Waals surface area contributed by atoms with Crippen LogP contribution in [0.15, 0.2) is 36.4 Å². The van der Waals surface area contributed by atoms with E-state index in [2.05, 4.69) is 5.32 Å². The molecule has 0 radical (unpaired) electrons. The summed E-state index contributed by atoms with van der Waals surface area (Å²) in [4.78, 5) is 28.2. The van der Waals surface area contributed by atoms with Crippen molar-refractivity contribution in [3.05, 3.63) is 62.6 Å².